The van der Waals surface area contributed by atoms with E-state index in [0.29, 0.717) is 0 Å². The molecule has 0 saturated carbocycles. The fourth-order valence-corrected chi connectivity index (χ4v) is 2.42. The van der Waals surface area contributed by atoms with Gasteiger partial charge in [0.2, 0.25) is 0 Å². The average molecular weight is 245 g/mol. The first-order valence-electron chi connectivity index (χ1n) is 3.74. The van der Waals surface area contributed by atoms with Gasteiger partial charge in [0.15, 0.2) is 0 Å². The summed E-state index contributed by atoms with van der Waals surface area (Å²) in [7, 11) is 0. The highest BCUT2D eigenvalue weighted by Crippen LogP contribution is 2.32. The standard InChI is InChI=1S/C8H9BrN2S/c9-6-3-5-1-2-11-7(5)4-8(6)12-10/h3-4,11H,1-2,10H2. The van der Waals surface area contributed by atoms with E-state index in [4.69, 9.17) is 5.14 Å². The first kappa shape index (κ1) is 8.41. The number of anilines is 1. The van der Waals surface area contributed by atoms with Gasteiger partial charge in [-0.1, -0.05) is 0 Å². The van der Waals surface area contributed by atoms with Crippen LogP contribution in [0.5, 0.6) is 0 Å². The lowest BCUT2D eigenvalue weighted by Gasteiger charge is -2.04. The van der Waals surface area contributed by atoms with Crippen LogP contribution in [0.4, 0.5) is 5.69 Å². The molecule has 0 saturated heterocycles. The summed E-state index contributed by atoms with van der Waals surface area (Å²) in [4.78, 5) is 1.09. The van der Waals surface area contributed by atoms with Gasteiger partial charge in [-0.3, -0.25) is 5.14 Å². The monoisotopic (exact) mass is 244 g/mol. The van der Waals surface area contributed by atoms with Crippen molar-refractivity contribution in [3.63, 3.8) is 0 Å². The van der Waals surface area contributed by atoms with E-state index in [1.165, 1.54) is 23.2 Å². The molecule has 1 aliphatic rings. The Morgan fingerprint density at radius 2 is 2.33 bits per heavy atom. The minimum atomic E-state index is 1.04. The lowest BCUT2D eigenvalue weighted by Crippen LogP contribution is -1.91. The van der Waals surface area contributed by atoms with Gasteiger partial charge in [-0.2, -0.15) is 0 Å². The van der Waals surface area contributed by atoms with Crippen molar-refractivity contribution in [3.05, 3.63) is 22.2 Å². The molecule has 0 unspecified atom stereocenters. The Balaban J connectivity index is 2.49. The normalized spacial score (nSPS) is 14.2. The third kappa shape index (κ3) is 1.34. The molecule has 0 aromatic heterocycles. The van der Waals surface area contributed by atoms with Crippen LogP contribution in [0.15, 0.2) is 21.5 Å². The SMILES string of the molecule is NSc1cc2c(cc1Br)CCN2. The molecule has 1 aromatic rings. The topological polar surface area (TPSA) is 38.0 Å². The van der Waals surface area contributed by atoms with Gasteiger partial charge in [-0.25, -0.2) is 0 Å². The van der Waals surface area contributed by atoms with Crippen molar-refractivity contribution in [2.75, 3.05) is 11.9 Å². The predicted molar refractivity (Wildman–Crippen MR) is 56.4 cm³/mol. The molecule has 0 spiro atoms. The molecule has 3 N–H and O–H groups in total. The van der Waals surface area contributed by atoms with Crippen LogP contribution in [0.25, 0.3) is 0 Å². The van der Waals surface area contributed by atoms with Crippen molar-refractivity contribution in [3.8, 4) is 0 Å². The van der Waals surface area contributed by atoms with E-state index in [-0.39, 0.29) is 0 Å². The van der Waals surface area contributed by atoms with E-state index in [1.54, 1.807) is 0 Å². The highest BCUT2D eigenvalue weighted by molar-refractivity contribution is 9.10. The molecule has 12 heavy (non-hydrogen) atoms. The second-order valence-electron chi connectivity index (χ2n) is 2.73. The molecule has 0 atom stereocenters. The van der Waals surface area contributed by atoms with Crippen LogP contribution >= 0.6 is 27.9 Å². The van der Waals surface area contributed by atoms with E-state index in [0.717, 1.165) is 22.3 Å². The molecule has 1 heterocycles. The van der Waals surface area contributed by atoms with Crippen molar-refractivity contribution in [1.82, 2.24) is 0 Å². The third-order valence-electron chi connectivity index (χ3n) is 1.99. The van der Waals surface area contributed by atoms with Crippen molar-refractivity contribution in [2.45, 2.75) is 11.3 Å². The fraction of sp³-hybridized carbons (Fsp3) is 0.250. The van der Waals surface area contributed by atoms with Gasteiger partial charge in [-0.15, -0.1) is 0 Å². The number of hydrogen-bond donors (Lipinski definition) is 2. The summed E-state index contributed by atoms with van der Waals surface area (Å²) in [6, 6.07) is 4.24. The van der Waals surface area contributed by atoms with Crippen molar-refractivity contribution in [1.29, 1.82) is 0 Å². The molecule has 1 aliphatic heterocycles. The van der Waals surface area contributed by atoms with Crippen LogP contribution in [0.1, 0.15) is 5.56 Å². The summed E-state index contributed by atoms with van der Waals surface area (Å²) in [5.74, 6) is 0. The van der Waals surface area contributed by atoms with Crippen LogP contribution in [-0.4, -0.2) is 6.54 Å². The third-order valence-corrected chi connectivity index (χ3v) is 3.50. The van der Waals surface area contributed by atoms with Gasteiger partial charge >= 0.3 is 0 Å². The molecule has 0 bridgehead atoms. The van der Waals surface area contributed by atoms with E-state index in [1.807, 2.05) is 0 Å². The first-order valence-corrected chi connectivity index (χ1v) is 5.41. The summed E-state index contributed by atoms with van der Waals surface area (Å²) in [5.41, 5.74) is 2.60. The highest BCUT2D eigenvalue weighted by Gasteiger charge is 2.12. The Bertz CT molecular complexity index is 313. The largest absolute Gasteiger partial charge is 0.384 e. The van der Waals surface area contributed by atoms with E-state index >= 15 is 0 Å². The maximum absolute atomic E-state index is 5.50. The fourth-order valence-electron chi connectivity index (χ4n) is 1.39. The van der Waals surface area contributed by atoms with Crippen LogP contribution in [0.3, 0.4) is 0 Å². The minimum Gasteiger partial charge on any atom is -0.384 e. The lowest BCUT2D eigenvalue weighted by atomic mass is 10.2. The van der Waals surface area contributed by atoms with E-state index in [9.17, 15) is 0 Å². The Morgan fingerprint density at radius 1 is 1.50 bits per heavy atom. The summed E-state index contributed by atoms with van der Waals surface area (Å²) >= 11 is 4.76. The Morgan fingerprint density at radius 3 is 3.08 bits per heavy atom. The van der Waals surface area contributed by atoms with Gasteiger partial charge in [-0.05, 0) is 52.0 Å². The number of nitrogens with one attached hydrogen (secondary N) is 1. The molecule has 2 rings (SSSR count). The first-order chi connectivity index (χ1) is 5.81. The Labute approximate surface area is 84.2 Å². The smallest absolute Gasteiger partial charge is 0.0388 e. The number of halogens is 1. The molecule has 64 valence electrons. The number of fused-ring (bicyclic) bond motifs is 1. The van der Waals surface area contributed by atoms with Crippen LogP contribution in [0, 0.1) is 0 Å². The zero-order chi connectivity index (χ0) is 8.55. The quantitative estimate of drug-likeness (QED) is 0.746. The number of hydrogen-bond acceptors (Lipinski definition) is 3. The predicted octanol–water partition coefficient (Wildman–Crippen LogP) is 2.38. The molecular formula is C8H9BrN2S. The molecule has 0 radical (unpaired) electrons. The van der Waals surface area contributed by atoms with Gasteiger partial charge in [0.1, 0.15) is 0 Å². The van der Waals surface area contributed by atoms with Gasteiger partial charge in [0, 0.05) is 21.6 Å². The van der Waals surface area contributed by atoms with Gasteiger partial charge < -0.3 is 5.32 Å². The van der Waals surface area contributed by atoms with Crippen molar-refractivity contribution < 1.29 is 0 Å². The second kappa shape index (κ2) is 3.28. The number of rotatable bonds is 1. The van der Waals surface area contributed by atoms with Crippen LogP contribution < -0.4 is 10.5 Å². The maximum Gasteiger partial charge on any atom is 0.0388 e. The minimum absolute atomic E-state index is 1.04. The number of benzene rings is 1. The molecule has 0 amide bonds. The Hall–Kier alpha value is -0.190. The maximum atomic E-state index is 5.50. The summed E-state index contributed by atoms with van der Waals surface area (Å²) in [5, 5.41) is 8.82. The average Bonchev–Trinajstić information content (AvgIpc) is 2.49. The molecule has 1 aromatic carbocycles. The zero-order valence-corrected chi connectivity index (χ0v) is 8.83. The van der Waals surface area contributed by atoms with E-state index < -0.39 is 0 Å². The zero-order valence-electron chi connectivity index (χ0n) is 6.43. The van der Waals surface area contributed by atoms with Crippen LogP contribution in [-0.2, 0) is 6.42 Å². The van der Waals surface area contributed by atoms with Crippen molar-refractivity contribution >= 4 is 33.6 Å². The molecule has 0 aliphatic carbocycles. The lowest BCUT2D eigenvalue weighted by molar-refractivity contribution is 1.10. The Kier molecular flexibility index (Phi) is 2.30. The van der Waals surface area contributed by atoms with Crippen molar-refractivity contribution in [2.24, 2.45) is 5.14 Å². The molecular weight excluding hydrogens is 236 g/mol. The second-order valence-corrected chi connectivity index (χ2v) is 4.26. The molecule has 2 nitrogen and oxygen atoms in total. The molecule has 4 heteroatoms. The molecule has 0 fully saturated rings. The van der Waals surface area contributed by atoms with E-state index in [2.05, 4.69) is 33.4 Å². The number of nitrogens with two attached hydrogens (primary N) is 1. The summed E-state index contributed by atoms with van der Waals surface area (Å²) < 4.78 is 1.09. The van der Waals surface area contributed by atoms with Crippen LogP contribution in [0.2, 0.25) is 0 Å². The summed E-state index contributed by atoms with van der Waals surface area (Å²) in [6.45, 7) is 1.04. The highest BCUT2D eigenvalue weighted by atomic mass is 79.9. The van der Waals surface area contributed by atoms with Gasteiger partial charge in [0.25, 0.3) is 0 Å². The summed E-state index contributed by atoms with van der Waals surface area (Å²) in [6.07, 6.45) is 1.11. The van der Waals surface area contributed by atoms with Gasteiger partial charge in [0.05, 0.1) is 0 Å².